The Balaban J connectivity index is 2.22. The minimum Gasteiger partial charge on any atom is -0.265 e. The molecule has 0 radical (unpaired) electrons. The average molecular weight is 283 g/mol. The second-order valence-electron chi connectivity index (χ2n) is 4.28. The van der Waals surface area contributed by atoms with Crippen LogP contribution in [0.5, 0.6) is 0 Å². The third-order valence-corrected chi connectivity index (χ3v) is 3.45. The smallest absolute Gasteiger partial charge is 0.0662 e. The van der Waals surface area contributed by atoms with Gasteiger partial charge in [0.1, 0.15) is 0 Å². The molecule has 18 heavy (non-hydrogen) atoms. The van der Waals surface area contributed by atoms with Crippen LogP contribution in [0.1, 0.15) is 30.2 Å². The predicted octanol–water partition coefficient (Wildman–Crippen LogP) is 4.28. The quantitative estimate of drug-likeness (QED) is 0.749. The third kappa shape index (κ3) is 3.06. The summed E-state index contributed by atoms with van der Waals surface area (Å²) < 4.78 is 2.03. The molecule has 2 rings (SSSR count). The van der Waals surface area contributed by atoms with E-state index in [0.717, 1.165) is 30.0 Å². The zero-order valence-corrected chi connectivity index (χ0v) is 11.9. The maximum atomic E-state index is 5.93. The van der Waals surface area contributed by atoms with Crippen molar-refractivity contribution in [3.05, 3.63) is 52.3 Å². The van der Waals surface area contributed by atoms with Crippen LogP contribution in [0, 0.1) is 0 Å². The van der Waals surface area contributed by atoms with Gasteiger partial charge < -0.3 is 0 Å². The summed E-state index contributed by atoms with van der Waals surface area (Å²) >= 11 is 11.8. The summed E-state index contributed by atoms with van der Waals surface area (Å²) in [6.45, 7) is 2.93. The lowest BCUT2D eigenvalue weighted by molar-refractivity contribution is 0.636. The van der Waals surface area contributed by atoms with Gasteiger partial charge in [0.05, 0.1) is 18.6 Å². The molecule has 0 aliphatic carbocycles. The maximum Gasteiger partial charge on any atom is 0.0662 e. The highest BCUT2D eigenvalue weighted by Crippen LogP contribution is 2.16. The zero-order valence-electron chi connectivity index (χ0n) is 10.4. The molecule has 96 valence electrons. The molecule has 0 bridgehead atoms. The van der Waals surface area contributed by atoms with Gasteiger partial charge in [-0.2, -0.15) is 5.10 Å². The van der Waals surface area contributed by atoms with Gasteiger partial charge in [0.25, 0.3) is 0 Å². The molecule has 0 saturated heterocycles. The van der Waals surface area contributed by atoms with E-state index < -0.39 is 0 Å². The van der Waals surface area contributed by atoms with E-state index >= 15 is 0 Å². The minimum atomic E-state index is 0.524. The SMILES string of the molecule is CCCc1c(CCl)cnn1Cc1ccc(Cl)cc1. The number of rotatable bonds is 5. The van der Waals surface area contributed by atoms with Crippen LogP contribution in [-0.2, 0) is 18.8 Å². The molecule has 0 amide bonds. The highest BCUT2D eigenvalue weighted by Gasteiger charge is 2.09. The zero-order chi connectivity index (χ0) is 13.0. The van der Waals surface area contributed by atoms with Crippen molar-refractivity contribution >= 4 is 23.2 Å². The molecule has 0 aliphatic rings. The van der Waals surface area contributed by atoms with E-state index in [0.29, 0.717) is 5.88 Å². The molecule has 1 aromatic carbocycles. The molecule has 0 N–H and O–H groups in total. The average Bonchev–Trinajstić information content (AvgIpc) is 2.75. The number of hydrogen-bond acceptors (Lipinski definition) is 1. The molecule has 0 spiro atoms. The van der Waals surface area contributed by atoms with Crippen LogP contribution in [0.2, 0.25) is 5.02 Å². The molecule has 2 nitrogen and oxygen atoms in total. The standard InChI is InChI=1S/C14H16Cl2N2/c1-2-3-14-12(8-15)9-17-18(14)10-11-4-6-13(16)7-5-11/h4-7,9H,2-3,8,10H2,1H3. The first-order valence-electron chi connectivity index (χ1n) is 6.08. The Morgan fingerprint density at radius 1 is 1.22 bits per heavy atom. The van der Waals surface area contributed by atoms with E-state index in [2.05, 4.69) is 12.0 Å². The van der Waals surface area contributed by atoms with Crippen LogP contribution >= 0.6 is 23.2 Å². The van der Waals surface area contributed by atoms with E-state index in [1.807, 2.05) is 35.1 Å². The molecule has 0 aliphatic heterocycles. The largest absolute Gasteiger partial charge is 0.265 e. The Bertz CT molecular complexity index is 503. The molecule has 1 aromatic heterocycles. The first kappa shape index (κ1) is 13.4. The Labute approximate surface area is 118 Å². The fourth-order valence-corrected chi connectivity index (χ4v) is 2.34. The number of alkyl halides is 1. The van der Waals surface area contributed by atoms with Gasteiger partial charge in [0, 0.05) is 16.3 Å². The van der Waals surface area contributed by atoms with Crippen molar-refractivity contribution in [2.24, 2.45) is 0 Å². The van der Waals surface area contributed by atoms with Crippen LogP contribution in [-0.4, -0.2) is 9.78 Å². The lowest BCUT2D eigenvalue weighted by Gasteiger charge is -2.08. The number of nitrogens with zero attached hydrogens (tertiary/aromatic N) is 2. The molecular weight excluding hydrogens is 267 g/mol. The Kier molecular flexibility index (Phi) is 4.67. The van der Waals surface area contributed by atoms with Gasteiger partial charge in [-0.15, -0.1) is 11.6 Å². The Hall–Kier alpha value is -0.990. The van der Waals surface area contributed by atoms with Crippen molar-refractivity contribution in [3.63, 3.8) is 0 Å². The normalized spacial score (nSPS) is 10.8. The van der Waals surface area contributed by atoms with Crippen molar-refractivity contribution in [2.45, 2.75) is 32.2 Å². The van der Waals surface area contributed by atoms with E-state index in [1.54, 1.807) is 0 Å². The summed E-state index contributed by atoms with van der Waals surface area (Å²) in [6.07, 6.45) is 3.97. The molecule has 0 saturated carbocycles. The fourth-order valence-electron chi connectivity index (χ4n) is 1.99. The molecule has 2 aromatic rings. The predicted molar refractivity (Wildman–Crippen MR) is 76.3 cm³/mol. The van der Waals surface area contributed by atoms with Crippen molar-refractivity contribution < 1.29 is 0 Å². The molecule has 0 fully saturated rings. The molecule has 1 heterocycles. The Morgan fingerprint density at radius 2 is 1.94 bits per heavy atom. The molecular formula is C14H16Cl2N2. The van der Waals surface area contributed by atoms with Crippen LogP contribution in [0.25, 0.3) is 0 Å². The summed E-state index contributed by atoms with van der Waals surface area (Å²) in [5.41, 5.74) is 3.57. The third-order valence-electron chi connectivity index (χ3n) is 2.91. The van der Waals surface area contributed by atoms with Crippen LogP contribution in [0.3, 0.4) is 0 Å². The number of aromatic nitrogens is 2. The highest BCUT2D eigenvalue weighted by molar-refractivity contribution is 6.30. The van der Waals surface area contributed by atoms with E-state index in [-0.39, 0.29) is 0 Å². The van der Waals surface area contributed by atoms with Gasteiger partial charge in [0.15, 0.2) is 0 Å². The van der Waals surface area contributed by atoms with E-state index in [1.165, 1.54) is 11.3 Å². The highest BCUT2D eigenvalue weighted by atomic mass is 35.5. The van der Waals surface area contributed by atoms with E-state index in [9.17, 15) is 0 Å². The summed E-state index contributed by atoms with van der Waals surface area (Å²) in [4.78, 5) is 0. The summed E-state index contributed by atoms with van der Waals surface area (Å²) in [5, 5.41) is 5.18. The summed E-state index contributed by atoms with van der Waals surface area (Å²) in [6, 6.07) is 7.87. The molecule has 4 heteroatoms. The van der Waals surface area contributed by atoms with Gasteiger partial charge in [-0.25, -0.2) is 0 Å². The Morgan fingerprint density at radius 3 is 2.56 bits per heavy atom. The van der Waals surface area contributed by atoms with Gasteiger partial charge in [-0.1, -0.05) is 37.1 Å². The number of halogens is 2. The van der Waals surface area contributed by atoms with Crippen LogP contribution in [0.4, 0.5) is 0 Å². The fraction of sp³-hybridized carbons (Fsp3) is 0.357. The van der Waals surface area contributed by atoms with Crippen LogP contribution < -0.4 is 0 Å². The maximum absolute atomic E-state index is 5.93. The number of benzene rings is 1. The van der Waals surface area contributed by atoms with Gasteiger partial charge in [-0.3, -0.25) is 4.68 Å². The van der Waals surface area contributed by atoms with Crippen molar-refractivity contribution in [3.8, 4) is 0 Å². The summed E-state index contributed by atoms with van der Waals surface area (Å²) in [7, 11) is 0. The lowest BCUT2D eigenvalue weighted by Crippen LogP contribution is -2.07. The van der Waals surface area contributed by atoms with E-state index in [4.69, 9.17) is 23.2 Å². The minimum absolute atomic E-state index is 0.524. The second-order valence-corrected chi connectivity index (χ2v) is 4.99. The lowest BCUT2D eigenvalue weighted by atomic mass is 10.1. The van der Waals surface area contributed by atoms with Crippen molar-refractivity contribution in [1.82, 2.24) is 9.78 Å². The van der Waals surface area contributed by atoms with Gasteiger partial charge in [0.2, 0.25) is 0 Å². The monoisotopic (exact) mass is 282 g/mol. The first-order valence-corrected chi connectivity index (χ1v) is 6.99. The van der Waals surface area contributed by atoms with Crippen molar-refractivity contribution in [2.75, 3.05) is 0 Å². The van der Waals surface area contributed by atoms with Crippen molar-refractivity contribution in [1.29, 1.82) is 0 Å². The van der Waals surface area contributed by atoms with Gasteiger partial charge >= 0.3 is 0 Å². The number of hydrogen-bond donors (Lipinski definition) is 0. The van der Waals surface area contributed by atoms with Crippen LogP contribution in [0.15, 0.2) is 30.5 Å². The molecule has 0 atom stereocenters. The second kappa shape index (κ2) is 6.26. The first-order chi connectivity index (χ1) is 8.74. The van der Waals surface area contributed by atoms with Gasteiger partial charge in [-0.05, 0) is 24.1 Å². The topological polar surface area (TPSA) is 17.8 Å². The summed E-state index contributed by atoms with van der Waals surface area (Å²) in [5.74, 6) is 0.524. The molecule has 0 unspecified atom stereocenters.